The van der Waals surface area contributed by atoms with Crippen LogP contribution in [0.15, 0.2) is 29.2 Å². The van der Waals surface area contributed by atoms with Crippen LogP contribution >= 0.6 is 0 Å². The van der Waals surface area contributed by atoms with Gasteiger partial charge in [-0.15, -0.1) is 0 Å². The van der Waals surface area contributed by atoms with Crippen molar-refractivity contribution < 1.29 is 21.6 Å². The minimum Gasteiger partial charge on any atom is -0.273 e. The van der Waals surface area contributed by atoms with E-state index in [-0.39, 0.29) is 22.8 Å². The Bertz CT molecular complexity index is 846. The lowest BCUT2D eigenvalue weighted by Gasteiger charge is -2.30. The first-order valence-electron chi connectivity index (χ1n) is 7.88. The molecule has 0 unspecified atom stereocenters. The van der Waals surface area contributed by atoms with Gasteiger partial charge in [-0.25, -0.2) is 21.1 Å². The summed E-state index contributed by atoms with van der Waals surface area (Å²) in [6.45, 7) is 3.01. The third-order valence-electron chi connectivity index (χ3n) is 4.41. The number of piperidine rings is 1. The van der Waals surface area contributed by atoms with Crippen LogP contribution < -0.4 is 4.31 Å². The Morgan fingerprint density at radius 3 is 2.38 bits per heavy atom. The summed E-state index contributed by atoms with van der Waals surface area (Å²) in [5.74, 6) is -0.381. The molecule has 0 spiro atoms. The maximum Gasteiger partial charge on any atom is 0.243 e. The van der Waals surface area contributed by atoms with E-state index in [4.69, 9.17) is 0 Å². The van der Waals surface area contributed by atoms with Crippen LogP contribution in [-0.2, 0) is 24.8 Å². The Balaban J connectivity index is 1.88. The van der Waals surface area contributed by atoms with Gasteiger partial charge < -0.3 is 0 Å². The Morgan fingerprint density at radius 2 is 1.83 bits per heavy atom. The largest absolute Gasteiger partial charge is 0.273 e. The van der Waals surface area contributed by atoms with Gasteiger partial charge in [-0.3, -0.25) is 4.79 Å². The van der Waals surface area contributed by atoms with Crippen LogP contribution in [0.3, 0.4) is 0 Å². The molecule has 1 aromatic carbocycles. The van der Waals surface area contributed by atoms with Gasteiger partial charge in [0.2, 0.25) is 26.0 Å². The van der Waals surface area contributed by atoms with Gasteiger partial charge in [0, 0.05) is 19.5 Å². The van der Waals surface area contributed by atoms with E-state index >= 15 is 0 Å². The minimum atomic E-state index is -3.64. The van der Waals surface area contributed by atoms with Crippen molar-refractivity contribution in [2.45, 2.75) is 31.1 Å². The molecule has 2 aliphatic heterocycles. The number of rotatable bonds is 3. The predicted molar refractivity (Wildman–Crippen MR) is 89.5 cm³/mol. The fourth-order valence-corrected chi connectivity index (χ4v) is 6.19. The number of benzene rings is 1. The molecule has 3 rings (SSSR count). The average Bonchev–Trinajstić information content (AvgIpc) is 2.81. The molecular weight excluding hydrogens is 352 g/mol. The zero-order valence-electron chi connectivity index (χ0n) is 13.4. The molecule has 1 atom stereocenters. The quantitative estimate of drug-likeness (QED) is 0.794. The van der Waals surface area contributed by atoms with Crippen LogP contribution in [0.1, 0.15) is 26.2 Å². The van der Waals surface area contributed by atoms with E-state index in [0.717, 1.165) is 17.1 Å². The summed E-state index contributed by atoms with van der Waals surface area (Å²) >= 11 is 0. The van der Waals surface area contributed by atoms with Gasteiger partial charge in [0.15, 0.2) is 0 Å². The molecule has 2 fully saturated rings. The maximum absolute atomic E-state index is 12.7. The van der Waals surface area contributed by atoms with Crippen molar-refractivity contribution in [2.75, 3.05) is 23.1 Å². The molecule has 9 heteroatoms. The third-order valence-corrected chi connectivity index (χ3v) is 7.98. The minimum absolute atomic E-state index is 0.0476. The summed E-state index contributed by atoms with van der Waals surface area (Å²) < 4.78 is 51.4. The van der Waals surface area contributed by atoms with E-state index in [0.29, 0.717) is 19.0 Å². The molecule has 0 bridgehead atoms. The van der Waals surface area contributed by atoms with Crippen molar-refractivity contribution in [3.05, 3.63) is 24.3 Å². The number of hydrogen-bond donors (Lipinski definition) is 0. The lowest BCUT2D eigenvalue weighted by Crippen LogP contribution is -2.39. The van der Waals surface area contributed by atoms with Crippen molar-refractivity contribution >= 4 is 31.6 Å². The van der Waals surface area contributed by atoms with Crippen molar-refractivity contribution in [3.8, 4) is 0 Å². The topological polar surface area (TPSA) is 91.8 Å². The molecule has 0 N–H and O–H groups in total. The summed E-state index contributed by atoms with van der Waals surface area (Å²) in [4.78, 5) is 11.9. The summed E-state index contributed by atoms with van der Waals surface area (Å²) in [6, 6.07) is 5.48. The zero-order valence-corrected chi connectivity index (χ0v) is 15.0. The van der Waals surface area contributed by atoms with Crippen molar-refractivity contribution in [1.82, 2.24) is 4.31 Å². The zero-order chi connectivity index (χ0) is 17.5. The van der Waals surface area contributed by atoms with Crippen LogP contribution in [0, 0.1) is 5.92 Å². The molecule has 0 saturated carbocycles. The standard InChI is InChI=1S/C15H20N2O5S2/c1-12-3-2-9-16(11-12)24(21,22)14-6-4-13(5-7-14)17-15(18)8-10-23(17,19)20/h4-7,12H,2-3,8-11H2,1H3/t12-/m0/s1. The van der Waals surface area contributed by atoms with E-state index in [9.17, 15) is 21.6 Å². The first-order valence-corrected chi connectivity index (χ1v) is 10.9. The van der Waals surface area contributed by atoms with Gasteiger partial charge in [-0.1, -0.05) is 6.92 Å². The van der Waals surface area contributed by atoms with E-state index in [1.165, 1.54) is 28.6 Å². The van der Waals surface area contributed by atoms with Crippen LogP contribution in [0.25, 0.3) is 0 Å². The van der Waals surface area contributed by atoms with Gasteiger partial charge in [-0.2, -0.15) is 4.31 Å². The molecule has 7 nitrogen and oxygen atoms in total. The van der Waals surface area contributed by atoms with Crippen molar-refractivity contribution in [1.29, 1.82) is 0 Å². The number of amides is 1. The van der Waals surface area contributed by atoms with Crippen LogP contribution in [0.4, 0.5) is 5.69 Å². The molecule has 1 amide bonds. The van der Waals surface area contributed by atoms with Crippen LogP contribution in [-0.4, -0.2) is 45.9 Å². The molecule has 24 heavy (non-hydrogen) atoms. The van der Waals surface area contributed by atoms with Gasteiger partial charge in [-0.05, 0) is 43.0 Å². The smallest absolute Gasteiger partial charge is 0.243 e. The first kappa shape index (κ1) is 17.4. The predicted octanol–water partition coefficient (Wildman–Crippen LogP) is 1.17. The summed E-state index contributed by atoms with van der Waals surface area (Å²) in [5, 5.41) is 0. The summed E-state index contributed by atoms with van der Waals surface area (Å²) in [7, 11) is -7.24. The monoisotopic (exact) mass is 372 g/mol. The molecule has 2 saturated heterocycles. The van der Waals surface area contributed by atoms with Gasteiger partial charge in [0.25, 0.3) is 0 Å². The highest BCUT2D eigenvalue weighted by molar-refractivity contribution is 7.94. The van der Waals surface area contributed by atoms with E-state index in [1.54, 1.807) is 0 Å². The summed E-state index contributed by atoms with van der Waals surface area (Å²) in [6.07, 6.45) is 1.80. The number of nitrogens with zero attached hydrogens (tertiary/aromatic N) is 2. The lowest BCUT2D eigenvalue weighted by atomic mass is 10.0. The van der Waals surface area contributed by atoms with Gasteiger partial charge >= 0.3 is 0 Å². The van der Waals surface area contributed by atoms with Gasteiger partial charge in [0.05, 0.1) is 16.3 Å². The fourth-order valence-electron chi connectivity index (χ4n) is 3.14. The first-order chi connectivity index (χ1) is 11.2. The Kier molecular flexibility index (Phi) is 4.43. The molecule has 2 heterocycles. The molecular formula is C15H20N2O5S2. The Hall–Kier alpha value is -1.45. The van der Waals surface area contributed by atoms with Crippen molar-refractivity contribution in [2.24, 2.45) is 5.92 Å². The Labute approximate surface area is 142 Å². The second-order valence-electron chi connectivity index (χ2n) is 6.33. The van der Waals surface area contributed by atoms with E-state index in [1.807, 2.05) is 6.92 Å². The second kappa shape index (κ2) is 6.12. The highest BCUT2D eigenvalue weighted by atomic mass is 32.2. The number of carbonyl (C=O) groups excluding carboxylic acids is 1. The van der Waals surface area contributed by atoms with E-state index < -0.39 is 26.0 Å². The third kappa shape index (κ3) is 3.07. The van der Waals surface area contributed by atoms with Crippen LogP contribution in [0.5, 0.6) is 0 Å². The van der Waals surface area contributed by atoms with Gasteiger partial charge in [0.1, 0.15) is 0 Å². The SMILES string of the molecule is C[C@H]1CCCN(S(=O)(=O)c2ccc(N3C(=O)CCS3(=O)=O)cc2)C1. The molecule has 132 valence electrons. The summed E-state index contributed by atoms with van der Waals surface area (Å²) in [5.41, 5.74) is 0.184. The molecule has 0 radical (unpaired) electrons. The number of anilines is 1. The number of sulfonamides is 2. The Morgan fingerprint density at radius 1 is 1.17 bits per heavy atom. The van der Waals surface area contributed by atoms with Crippen molar-refractivity contribution in [3.63, 3.8) is 0 Å². The fraction of sp³-hybridized carbons (Fsp3) is 0.533. The average molecular weight is 372 g/mol. The molecule has 2 aliphatic rings. The normalized spacial score (nSPS) is 25.1. The number of hydrogen-bond acceptors (Lipinski definition) is 5. The number of carbonyl (C=O) groups is 1. The van der Waals surface area contributed by atoms with E-state index in [2.05, 4.69) is 0 Å². The molecule has 0 aromatic heterocycles. The molecule has 0 aliphatic carbocycles. The second-order valence-corrected chi connectivity index (χ2v) is 10.2. The highest BCUT2D eigenvalue weighted by Gasteiger charge is 2.36. The molecule has 1 aromatic rings. The van der Waals surface area contributed by atoms with Crippen LogP contribution in [0.2, 0.25) is 0 Å². The highest BCUT2D eigenvalue weighted by Crippen LogP contribution is 2.28. The lowest BCUT2D eigenvalue weighted by molar-refractivity contribution is -0.116. The maximum atomic E-state index is 12.7.